The Morgan fingerprint density at radius 3 is 2.57 bits per heavy atom. The van der Waals surface area contributed by atoms with E-state index in [1.54, 1.807) is 6.07 Å². The van der Waals surface area contributed by atoms with Crippen LogP contribution in [-0.4, -0.2) is 8.42 Å². The maximum Gasteiger partial charge on any atom is 0.186 e. The predicted molar refractivity (Wildman–Crippen MR) is 77.9 cm³/mol. The van der Waals surface area contributed by atoms with Gasteiger partial charge in [0.2, 0.25) is 0 Å². The first-order valence-corrected chi connectivity index (χ1v) is 7.83. The standard InChI is InChI=1S/C14H10ClFN2O2S/c15-11-2-1-3-13(18)14(11)21(19,20)8-10-5-4-9(7-17)6-12(10)16/h1-6H,8,18H2. The summed E-state index contributed by atoms with van der Waals surface area (Å²) >= 11 is 5.87. The number of hydrogen-bond acceptors (Lipinski definition) is 4. The normalized spacial score (nSPS) is 11.1. The van der Waals surface area contributed by atoms with Crippen LogP contribution >= 0.6 is 11.6 Å². The molecule has 0 aromatic heterocycles. The van der Waals surface area contributed by atoms with Crippen LogP contribution in [0, 0.1) is 17.1 Å². The van der Waals surface area contributed by atoms with Gasteiger partial charge in [0.15, 0.2) is 9.84 Å². The van der Waals surface area contributed by atoms with E-state index in [0.29, 0.717) is 0 Å². The SMILES string of the molecule is N#Cc1ccc(CS(=O)(=O)c2c(N)cccc2Cl)c(F)c1. The molecule has 0 aliphatic carbocycles. The summed E-state index contributed by atoms with van der Waals surface area (Å²) in [6, 6.07) is 9.72. The van der Waals surface area contributed by atoms with Crippen LogP contribution < -0.4 is 5.73 Å². The van der Waals surface area contributed by atoms with Gasteiger partial charge in [-0.25, -0.2) is 12.8 Å². The lowest BCUT2D eigenvalue weighted by Gasteiger charge is -2.10. The van der Waals surface area contributed by atoms with E-state index in [0.717, 1.165) is 6.07 Å². The molecule has 0 saturated carbocycles. The number of halogens is 2. The van der Waals surface area contributed by atoms with Gasteiger partial charge in [-0.2, -0.15) is 5.26 Å². The molecule has 21 heavy (non-hydrogen) atoms. The van der Waals surface area contributed by atoms with Crippen molar-refractivity contribution in [3.05, 3.63) is 58.4 Å². The van der Waals surface area contributed by atoms with Gasteiger partial charge in [-0.1, -0.05) is 23.7 Å². The Labute approximate surface area is 126 Å². The highest BCUT2D eigenvalue weighted by Crippen LogP contribution is 2.30. The molecule has 2 rings (SSSR count). The lowest BCUT2D eigenvalue weighted by Crippen LogP contribution is -2.10. The van der Waals surface area contributed by atoms with E-state index >= 15 is 0 Å². The largest absolute Gasteiger partial charge is 0.398 e. The highest BCUT2D eigenvalue weighted by atomic mass is 35.5. The molecule has 0 bridgehead atoms. The topological polar surface area (TPSA) is 84.0 Å². The Hall–Kier alpha value is -2.10. The van der Waals surface area contributed by atoms with Crippen LogP contribution in [-0.2, 0) is 15.6 Å². The van der Waals surface area contributed by atoms with Crippen molar-refractivity contribution in [3.8, 4) is 6.07 Å². The summed E-state index contributed by atoms with van der Waals surface area (Å²) in [7, 11) is -3.90. The van der Waals surface area contributed by atoms with Gasteiger partial charge in [0.1, 0.15) is 10.7 Å². The van der Waals surface area contributed by atoms with E-state index in [1.165, 1.54) is 30.3 Å². The first-order chi connectivity index (χ1) is 9.85. The summed E-state index contributed by atoms with van der Waals surface area (Å²) in [5.74, 6) is -1.35. The molecule has 2 N–H and O–H groups in total. The maximum atomic E-state index is 13.8. The summed E-state index contributed by atoms with van der Waals surface area (Å²) in [5, 5.41) is 8.66. The van der Waals surface area contributed by atoms with Crippen LogP contribution in [0.1, 0.15) is 11.1 Å². The average molecular weight is 325 g/mol. The Kier molecular flexibility index (Phi) is 4.16. The van der Waals surface area contributed by atoms with Gasteiger partial charge in [0, 0.05) is 5.56 Å². The lowest BCUT2D eigenvalue weighted by atomic mass is 10.1. The van der Waals surface area contributed by atoms with Crippen LogP contribution in [0.25, 0.3) is 0 Å². The molecule has 0 spiro atoms. The average Bonchev–Trinajstić information content (AvgIpc) is 2.40. The van der Waals surface area contributed by atoms with Crippen molar-refractivity contribution in [2.45, 2.75) is 10.6 Å². The van der Waals surface area contributed by atoms with Gasteiger partial charge < -0.3 is 5.73 Å². The molecule has 4 nitrogen and oxygen atoms in total. The molecule has 108 valence electrons. The third-order valence-corrected chi connectivity index (χ3v) is 5.03. The van der Waals surface area contributed by atoms with Crippen molar-refractivity contribution in [1.82, 2.24) is 0 Å². The quantitative estimate of drug-likeness (QED) is 0.880. The summed E-state index contributed by atoms with van der Waals surface area (Å²) in [5.41, 5.74) is 5.72. The van der Waals surface area contributed by atoms with Crippen molar-refractivity contribution in [2.24, 2.45) is 0 Å². The molecule has 0 heterocycles. The first kappa shape index (κ1) is 15.3. The van der Waals surface area contributed by atoms with E-state index < -0.39 is 21.4 Å². The number of hydrogen-bond donors (Lipinski definition) is 1. The molecular weight excluding hydrogens is 315 g/mol. The molecule has 7 heteroatoms. The van der Waals surface area contributed by atoms with Crippen LogP contribution in [0.4, 0.5) is 10.1 Å². The number of benzene rings is 2. The Morgan fingerprint density at radius 1 is 1.29 bits per heavy atom. The van der Waals surface area contributed by atoms with Crippen LogP contribution in [0.3, 0.4) is 0 Å². The number of rotatable bonds is 3. The van der Waals surface area contributed by atoms with Gasteiger partial charge >= 0.3 is 0 Å². The molecule has 2 aromatic rings. The maximum absolute atomic E-state index is 13.8. The molecule has 0 unspecified atom stereocenters. The first-order valence-electron chi connectivity index (χ1n) is 5.80. The van der Waals surface area contributed by atoms with Gasteiger partial charge in [0.05, 0.1) is 28.1 Å². The minimum absolute atomic E-state index is 0.0101. The van der Waals surface area contributed by atoms with Crippen molar-refractivity contribution >= 4 is 27.1 Å². The van der Waals surface area contributed by atoms with Gasteiger partial charge in [-0.15, -0.1) is 0 Å². The Bertz CT molecular complexity index is 824. The van der Waals surface area contributed by atoms with Crippen molar-refractivity contribution in [3.63, 3.8) is 0 Å². The summed E-state index contributed by atoms with van der Waals surface area (Å²) in [6.07, 6.45) is 0. The molecule has 0 atom stereocenters. The number of sulfone groups is 1. The fourth-order valence-electron chi connectivity index (χ4n) is 1.86. The highest BCUT2D eigenvalue weighted by molar-refractivity contribution is 7.91. The Balaban J connectivity index is 2.46. The third kappa shape index (κ3) is 3.15. The van der Waals surface area contributed by atoms with E-state index in [-0.39, 0.29) is 26.7 Å². The summed E-state index contributed by atoms with van der Waals surface area (Å²) in [6.45, 7) is 0. The van der Waals surface area contributed by atoms with E-state index in [2.05, 4.69) is 0 Å². The molecule has 0 amide bonds. The van der Waals surface area contributed by atoms with Gasteiger partial charge in [-0.3, -0.25) is 0 Å². The second kappa shape index (κ2) is 5.72. The Morgan fingerprint density at radius 2 is 2.00 bits per heavy atom. The summed E-state index contributed by atoms with van der Waals surface area (Å²) < 4.78 is 38.5. The van der Waals surface area contributed by atoms with E-state index in [4.69, 9.17) is 22.6 Å². The zero-order chi connectivity index (χ0) is 15.6. The zero-order valence-electron chi connectivity index (χ0n) is 10.7. The van der Waals surface area contributed by atoms with E-state index in [9.17, 15) is 12.8 Å². The fourth-order valence-corrected chi connectivity index (χ4v) is 3.98. The number of nitriles is 1. The van der Waals surface area contributed by atoms with Crippen molar-refractivity contribution < 1.29 is 12.8 Å². The monoisotopic (exact) mass is 324 g/mol. The summed E-state index contributed by atoms with van der Waals surface area (Å²) in [4.78, 5) is -0.213. The molecule has 0 fully saturated rings. The van der Waals surface area contributed by atoms with Gasteiger partial charge in [0.25, 0.3) is 0 Å². The van der Waals surface area contributed by atoms with Crippen molar-refractivity contribution in [1.29, 1.82) is 5.26 Å². The molecule has 0 saturated heterocycles. The molecular formula is C14H10ClFN2O2S. The highest BCUT2D eigenvalue weighted by Gasteiger charge is 2.23. The van der Waals surface area contributed by atoms with Crippen LogP contribution in [0.15, 0.2) is 41.3 Å². The fraction of sp³-hybridized carbons (Fsp3) is 0.0714. The predicted octanol–water partition coefficient (Wildman–Crippen LogP) is 2.91. The third-order valence-electron chi connectivity index (χ3n) is 2.84. The second-order valence-corrected chi connectivity index (χ2v) is 6.67. The smallest absolute Gasteiger partial charge is 0.186 e. The number of nitrogens with zero attached hydrogens (tertiary/aromatic N) is 1. The number of nitrogen functional groups attached to an aromatic ring is 1. The number of nitrogens with two attached hydrogens (primary N) is 1. The van der Waals surface area contributed by atoms with E-state index in [1.807, 2.05) is 0 Å². The molecule has 0 radical (unpaired) electrons. The molecule has 0 aliphatic rings. The number of anilines is 1. The van der Waals surface area contributed by atoms with Crippen LogP contribution in [0.2, 0.25) is 5.02 Å². The molecule has 2 aromatic carbocycles. The van der Waals surface area contributed by atoms with Gasteiger partial charge in [-0.05, 0) is 24.3 Å². The molecule has 0 aliphatic heterocycles. The minimum atomic E-state index is -3.90. The second-order valence-electron chi connectivity index (χ2n) is 4.34. The van der Waals surface area contributed by atoms with Crippen LogP contribution in [0.5, 0.6) is 0 Å². The zero-order valence-corrected chi connectivity index (χ0v) is 12.2. The van der Waals surface area contributed by atoms with Crippen molar-refractivity contribution in [2.75, 3.05) is 5.73 Å². The lowest BCUT2D eigenvalue weighted by molar-refractivity contribution is 0.587. The minimum Gasteiger partial charge on any atom is -0.398 e.